The van der Waals surface area contributed by atoms with Crippen LogP contribution in [0.1, 0.15) is 30.2 Å². The molecule has 1 unspecified atom stereocenters. The molecule has 108 valence electrons. The second-order valence-corrected chi connectivity index (χ2v) is 4.16. The van der Waals surface area contributed by atoms with Crippen LogP contribution in [-0.2, 0) is 11.3 Å². The highest BCUT2D eigenvalue weighted by molar-refractivity contribution is 5.67. The van der Waals surface area contributed by atoms with E-state index in [1.165, 1.54) is 0 Å². The van der Waals surface area contributed by atoms with Gasteiger partial charge in [0.15, 0.2) is 11.9 Å². The molecule has 0 fully saturated rings. The van der Waals surface area contributed by atoms with Crippen LogP contribution in [0.4, 0.5) is 4.79 Å². The summed E-state index contributed by atoms with van der Waals surface area (Å²) in [5.74, 6) is 0.447. The number of carbonyl (C=O) groups is 1. The van der Waals surface area contributed by atoms with E-state index in [-0.39, 0.29) is 6.54 Å². The van der Waals surface area contributed by atoms with Gasteiger partial charge in [-0.15, -0.1) is 0 Å². The smallest absolute Gasteiger partial charge is 0.408 e. The van der Waals surface area contributed by atoms with E-state index in [1.807, 2.05) is 0 Å². The maximum atomic E-state index is 11.7. The van der Waals surface area contributed by atoms with Gasteiger partial charge in [-0.25, -0.2) is 14.8 Å². The minimum Gasteiger partial charge on any atom is -0.438 e. The van der Waals surface area contributed by atoms with Gasteiger partial charge in [-0.05, 0) is 31.2 Å². The summed E-state index contributed by atoms with van der Waals surface area (Å²) < 4.78 is 5.16. The summed E-state index contributed by atoms with van der Waals surface area (Å²) in [7, 11) is 0. The Kier molecular flexibility index (Phi) is 4.92. The molecule has 7 nitrogen and oxygen atoms in total. The fourth-order valence-electron chi connectivity index (χ4n) is 1.51. The fourth-order valence-corrected chi connectivity index (χ4v) is 1.51. The van der Waals surface area contributed by atoms with E-state index in [1.54, 1.807) is 43.6 Å². The molecule has 1 amide bonds. The van der Waals surface area contributed by atoms with Crippen LogP contribution in [0.2, 0.25) is 0 Å². The molecule has 0 aromatic carbocycles. The SMILES string of the molecule is C=Cc1ccc(CNC(=O)OC(C)c2ncccn2)nn1. The minimum atomic E-state index is -0.565. The Balaban J connectivity index is 1.83. The zero-order valence-electron chi connectivity index (χ0n) is 11.6. The van der Waals surface area contributed by atoms with E-state index < -0.39 is 12.2 Å². The quantitative estimate of drug-likeness (QED) is 0.902. The molecule has 1 atom stereocenters. The number of alkyl carbamates (subject to hydrolysis) is 1. The molecule has 0 saturated heterocycles. The van der Waals surface area contributed by atoms with Gasteiger partial charge in [0.2, 0.25) is 0 Å². The van der Waals surface area contributed by atoms with Crippen LogP contribution in [0.5, 0.6) is 0 Å². The first kappa shape index (κ1) is 14.6. The van der Waals surface area contributed by atoms with Crippen LogP contribution in [0.3, 0.4) is 0 Å². The zero-order chi connectivity index (χ0) is 15.1. The Labute approximate surface area is 122 Å². The van der Waals surface area contributed by atoms with Gasteiger partial charge in [0.05, 0.1) is 17.9 Å². The van der Waals surface area contributed by atoms with Crippen molar-refractivity contribution in [3.8, 4) is 0 Å². The minimum absolute atomic E-state index is 0.228. The summed E-state index contributed by atoms with van der Waals surface area (Å²) in [4.78, 5) is 19.7. The molecule has 0 radical (unpaired) electrons. The van der Waals surface area contributed by atoms with Crippen LogP contribution >= 0.6 is 0 Å². The standard InChI is InChI=1S/C14H15N5O2/c1-3-11-5-6-12(19-18-11)9-17-14(20)21-10(2)13-15-7-4-8-16-13/h3-8,10H,1,9H2,2H3,(H,17,20). The Morgan fingerprint density at radius 2 is 2.14 bits per heavy atom. The Bertz CT molecular complexity index is 601. The molecule has 1 N–H and O–H groups in total. The number of rotatable bonds is 5. The second kappa shape index (κ2) is 7.09. The van der Waals surface area contributed by atoms with Gasteiger partial charge >= 0.3 is 6.09 Å². The molecule has 0 aliphatic heterocycles. The first-order chi connectivity index (χ1) is 10.2. The third kappa shape index (κ3) is 4.34. The largest absolute Gasteiger partial charge is 0.438 e. The van der Waals surface area contributed by atoms with Crippen LogP contribution < -0.4 is 5.32 Å². The molecule has 0 spiro atoms. The number of hydrogen-bond donors (Lipinski definition) is 1. The van der Waals surface area contributed by atoms with Crippen LogP contribution in [0.15, 0.2) is 37.2 Å². The van der Waals surface area contributed by atoms with E-state index in [0.29, 0.717) is 17.2 Å². The number of nitrogens with one attached hydrogen (secondary N) is 1. The lowest BCUT2D eigenvalue weighted by Crippen LogP contribution is -2.26. The summed E-state index contributed by atoms with van der Waals surface area (Å²) in [6.07, 6.45) is 3.69. The molecule has 7 heteroatoms. The van der Waals surface area contributed by atoms with Crippen LogP contribution in [-0.4, -0.2) is 26.3 Å². The Hall–Kier alpha value is -2.83. The Morgan fingerprint density at radius 1 is 1.38 bits per heavy atom. The fraction of sp³-hybridized carbons (Fsp3) is 0.214. The molecule has 2 rings (SSSR count). The van der Waals surface area contributed by atoms with Crippen LogP contribution in [0, 0.1) is 0 Å². The first-order valence-corrected chi connectivity index (χ1v) is 6.35. The zero-order valence-corrected chi connectivity index (χ0v) is 11.6. The number of amides is 1. The number of carbonyl (C=O) groups excluding carboxylic acids is 1. The predicted octanol–water partition coefficient (Wildman–Crippen LogP) is 1.90. The average molecular weight is 285 g/mol. The topological polar surface area (TPSA) is 89.9 Å². The van der Waals surface area contributed by atoms with Crippen molar-refractivity contribution in [3.63, 3.8) is 0 Å². The normalized spacial score (nSPS) is 11.5. The lowest BCUT2D eigenvalue weighted by molar-refractivity contribution is 0.102. The maximum absolute atomic E-state index is 11.7. The highest BCUT2D eigenvalue weighted by Gasteiger charge is 2.13. The van der Waals surface area contributed by atoms with E-state index >= 15 is 0 Å². The third-order valence-electron chi connectivity index (χ3n) is 2.60. The van der Waals surface area contributed by atoms with Crippen molar-refractivity contribution < 1.29 is 9.53 Å². The number of aromatic nitrogens is 4. The molecule has 21 heavy (non-hydrogen) atoms. The molecular weight excluding hydrogens is 270 g/mol. The average Bonchev–Trinajstić information content (AvgIpc) is 2.54. The Morgan fingerprint density at radius 3 is 2.76 bits per heavy atom. The van der Waals surface area contributed by atoms with Gasteiger partial charge in [0, 0.05) is 12.4 Å². The van der Waals surface area contributed by atoms with E-state index in [9.17, 15) is 4.79 Å². The predicted molar refractivity (Wildman–Crippen MR) is 75.9 cm³/mol. The molecule has 0 aliphatic carbocycles. The van der Waals surface area contributed by atoms with Gasteiger partial charge in [0.1, 0.15) is 0 Å². The summed E-state index contributed by atoms with van der Waals surface area (Å²) in [5.41, 5.74) is 1.30. The van der Waals surface area contributed by atoms with Crippen LogP contribution in [0.25, 0.3) is 6.08 Å². The van der Waals surface area contributed by atoms with E-state index in [0.717, 1.165) is 0 Å². The summed E-state index contributed by atoms with van der Waals surface area (Å²) in [5, 5.41) is 10.4. The summed E-state index contributed by atoms with van der Waals surface area (Å²) >= 11 is 0. The third-order valence-corrected chi connectivity index (χ3v) is 2.60. The monoisotopic (exact) mass is 285 g/mol. The summed E-state index contributed by atoms with van der Waals surface area (Å²) in [6, 6.07) is 5.22. The number of nitrogens with zero attached hydrogens (tertiary/aromatic N) is 4. The lowest BCUT2D eigenvalue weighted by atomic mass is 10.3. The van der Waals surface area contributed by atoms with Crippen molar-refractivity contribution in [2.75, 3.05) is 0 Å². The number of hydrogen-bond acceptors (Lipinski definition) is 6. The molecule has 0 bridgehead atoms. The summed E-state index contributed by atoms with van der Waals surface area (Å²) in [6.45, 7) is 5.52. The highest BCUT2D eigenvalue weighted by atomic mass is 16.6. The molecule has 2 aromatic rings. The van der Waals surface area contributed by atoms with Gasteiger partial charge in [-0.1, -0.05) is 6.58 Å². The molecule has 0 saturated carbocycles. The van der Waals surface area contributed by atoms with E-state index in [4.69, 9.17) is 4.74 Å². The van der Waals surface area contributed by atoms with Crippen molar-refractivity contribution in [2.45, 2.75) is 19.6 Å². The number of ether oxygens (including phenoxy) is 1. The van der Waals surface area contributed by atoms with Crippen molar-refractivity contribution >= 4 is 12.2 Å². The second-order valence-electron chi connectivity index (χ2n) is 4.16. The van der Waals surface area contributed by atoms with E-state index in [2.05, 4.69) is 32.1 Å². The molecular formula is C14H15N5O2. The molecule has 2 heterocycles. The molecule has 2 aromatic heterocycles. The van der Waals surface area contributed by atoms with Gasteiger partial charge in [-0.3, -0.25) is 0 Å². The van der Waals surface area contributed by atoms with Gasteiger partial charge in [0.25, 0.3) is 0 Å². The van der Waals surface area contributed by atoms with Gasteiger partial charge in [-0.2, -0.15) is 10.2 Å². The lowest BCUT2D eigenvalue weighted by Gasteiger charge is -2.12. The first-order valence-electron chi connectivity index (χ1n) is 6.35. The van der Waals surface area contributed by atoms with Crippen molar-refractivity contribution in [1.29, 1.82) is 0 Å². The maximum Gasteiger partial charge on any atom is 0.408 e. The van der Waals surface area contributed by atoms with Crippen molar-refractivity contribution in [3.05, 3.63) is 54.4 Å². The highest BCUT2D eigenvalue weighted by Crippen LogP contribution is 2.10. The van der Waals surface area contributed by atoms with Gasteiger partial charge < -0.3 is 10.1 Å². The molecule has 0 aliphatic rings. The van der Waals surface area contributed by atoms with Crippen molar-refractivity contribution in [1.82, 2.24) is 25.5 Å². The van der Waals surface area contributed by atoms with Crippen molar-refractivity contribution in [2.24, 2.45) is 0 Å².